The third-order valence-electron chi connectivity index (χ3n) is 4.67. The van der Waals surface area contributed by atoms with Crippen LogP contribution in [0, 0.1) is 0 Å². The number of hydrogen-bond donors (Lipinski definition) is 0. The van der Waals surface area contributed by atoms with E-state index in [1.165, 1.54) is 12.8 Å². The first-order chi connectivity index (χ1) is 10.8. The third kappa shape index (κ3) is 2.21. The maximum absolute atomic E-state index is 12.7. The molecule has 2 fully saturated rings. The van der Waals surface area contributed by atoms with E-state index in [4.69, 9.17) is 0 Å². The Morgan fingerprint density at radius 2 is 1.50 bits per heavy atom. The first-order valence-electron chi connectivity index (χ1n) is 8.14. The maximum Gasteiger partial charge on any atom is 0.275 e. The van der Waals surface area contributed by atoms with E-state index in [0.717, 1.165) is 55.6 Å². The summed E-state index contributed by atoms with van der Waals surface area (Å²) in [6.07, 6.45) is 4.57. The van der Waals surface area contributed by atoms with E-state index in [9.17, 15) is 4.79 Å². The molecule has 0 saturated carbocycles. The van der Waals surface area contributed by atoms with Gasteiger partial charge in [0.2, 0.25) is 0 Å². The fourth-order valence-electron chi connectivity index (χ4n) is 3.48. The van der Waals surface area contributed by atoms with Crippen molar-refractivity contribution in [1.82, 2.24) is 15.1 Å². The summed E-state index contributed by atoms with van der Waals surface area (Å²) in [4.78, 5) is 16.9. The van der Waals surface area contributed by atoms with Gasteiger partial charge in [0, 0.05) is 37.0 Å². The summed E-state index contributed by atoms with van der Waals surface area (Å²) in [5.41, 5.74) is 0.500. The molecule has 0 atom stereocenters. The molecule has 1 amide bonds. The largest absolute Gasteiger partial charge is 0.355 e. The van der Waals surface area contributed by atoms with E-state index in [0.29, 0.717) is 5.69 Å². The minimum absolute atomic E-state index is 0.0224. The number of aromatic nitrogens is 2. The van der Waals surface area contributed by atoms with Crippen LogP contribution in [0.4, 0.5) is 5.82 Å². The van der Waals surface area contributed by atoms with Gasteiger partial charge in [0.1, 0.15) is 0 Å². The predicted octanol–water partition coefficient (Wildman–Crippen LogP) is 2.47. The van der Waals surface area contributed by atoms with Crippen molar-refractivity contribution in [2.45, 2.75) is 25.7 Å². The first-order valence-corrected chi connectivity index (χ1v) is 8.14. The lowest BCUT2D eigenvalue weighted by atomic mass is 10.1. The summed E-state index contributed by atoms with van der Waals surface area (Å²) in [7, 11) is 0. The summed E-state index contributed by atoms with van der Waals surface area (Å²) in [5.74, 6) is 0.945. The molecule has 0 N–H and O–H groups in total. The lowest BCUT2D eigenvalue weighted by Gasteiger charge is -2.20. The van der Waals surface area contributed by atoms with Crippen molar-refractivity contribution >= 4 is 22.5 Å². The Morgan fingerprint density at radius 1 is 0.864 bits per heavy atom. The Labute approximate surface area is 129 Å². The highest BCUT2D eigenvalue weighted by atomic mass is 16.2. The van der Waals surface area contributed by atoms with Crippen LogP contribution in [0.3, 0.4) is 0 Å². The molecular weight excluding hydrogens is 276 g/mol. The lowest BCUT2D eigenvalue weighted by Crippen LogP contribution is -2.29. The van der Waals surface area contributed by atoms with Crippen LogP contribution in [-0.4, -0.2) is 47.2 Å². The minimum atomic E-state index is 0.0224. The van der Waals surface area contributed by atoms with Gasteiger partial charge in [-0.25, -0.2) is 0 Å². The molecule has 4 rings (SSSR count). The molecule has 22 heavy (non-hydrogen) atoms. The summed E-state index contributed by atoms with van der Waals surface area (Å²) in [6.45, 7) is 3.72. The molecule has 5 nitrogen and oxygen atoms in total. The van der Waals surface area contributed by atoms with Crippen molar-refractivity contribution in [3.63, 3.8) is 0 Å². The molecule has 0 radical (unpaired) electrons. The molecule has 1 aromatic carbocycles. The highest BCUT2D eigenvalue weighted by Crippen LogP contribution is 2.29. The van der Waals surface area contributed by atoms with Crippen LogP contribution >= 0.6 is 0 Å². The molecule has 1 aromatic heterocycles. The van der Waals surface area contributed by atoms with Crippen molar-refractivity contribution < 1.29 is 4.79 Å². The van der Waals surface area contributed by atoms with Gasteiger partial charge < -0.3 is 9.80 Å². The zero-order valence-corrected chi connectivity index (χ0v) is 12.7. The number of likely N-dealkylation sites (tertiary alicyclic amines) is 1. The van der Waals surface area contributed by atoms with Crippen LogP contribution in [0.5, 0.6) is 0 Å². The molecular formula is C17H20N4O. The Balaban J connectivity index is 1.80. The van der Waals surface area contributed by atoms with Crippen molar-refractivity contribution in [3.05, 3.63) is 30.0 Å². The van der Waals surface area contributed by atoms with E-state index < -0.39 is 0 Å². The average Bonchev–Trinajstić information content (AvgIpc) is 3.26. The molecule has 0 spiro atoms. The van der Waals surface area contributed by atoms with Gasteiger partial charge in [-0.2, -0.15) is 0 Å². The van der Waals surface area contributed by atoms with E-state index in [2.05, 4.69) is 21.2 Å². The second-order valence-electron chi connectivity index (χ2n) is 6.11. The molecule has 114 valence electrons. The number of hydrogen-bond acceptors (Lipinski definition) is 4. The van der Waals surface area contributed by atoms with Gasteiger partial charge in [-0.05, 0) is 25.7 Å². The number of amides is 1. The average molecular weight is 296 g/mol. The number of carbonyl (C=O) groups is 1. The van der Waals surface area contributed by atoms with Crippen LogP contribution in [0.2, 0.25) is 0 Å². The third-order valence-corrected chi connectivity index (χ3v) is 4.67. The van der Waals surface area contributed by atoms with Crippen LogP contribution < -0.4 is 4.90 Å². The van der Waals surface area contributed by atoms with Gasteiger partial charge in [-0.3, -0.25) is 4.79 Å². The van der Waals surface area contributed by atoms with Gasteiger partial charge in [0.05, 0.1) is 0 Å². The van der Waals surface area contributed by atoms with Crippen LogP contribution in [0.1, 0.15) is 36.2 Å². The van der Waals surface area contributed by atoms with Crippen LogP contribution in [0.15, 0.2) is 24.3 Å². The predicted molar refractivity (Wildman–Crippen MR) is 86.1 cm³/mol. The molecule has 5 heteroatoms. The van der Waals surface area contributed by atoms with E-state index in [1.807, 2.05) is 23.1 Å². The lowest BCUT2D eigenvalue weighted by molar-refractivity contribution is 0.0788. The quantitative estimate of drug-likeness (QED) is 0.854. The second kappa shape index (κ2) is 5.55. The van der Waals surface area contributed by atoms with Gasteiger partial charge in [-0.1, -0.05) is 24.3 Å². The molecule has 2 aliphatic heterocycles. The zero-order chi connectivity index (χ0) is 14.9. The fourth-order valence-corrected chi connectivity index (χ4v) is 3.48. The molecule has 0 unspecified atom stereocenters. The van der Waals surface area contributed by atoms with Crippen molar-refractivity contribution in [2.24, 2.45) is 0 Å². The number of rotatable bonds is 2. The van der Waals surface area contributed by atoms with Crippen LogP contribution in [0.25, 0.3) is 10.8 Å². The fraction of sp³-hybridized carbons (Fsp3) is 0.471. The van der Waals surface area contributed by atoms with E-state index >= 15 is 0 Å². The summed E-state index contributed by atoms with van der Waals surface area (Å²) < 4.78 is 0. The molecule has 3 heterocycles. The minimum Gasteiger partial charge on any atom is -0.355 e. The standard InChI is InChI=1S/C17H20N4O/c22-17(21-11-5-6-12-21)15-13-7-1-2-8-14(13)16(19-18-15)20-9-3-4-10-20/h1-2,7-8H,3-6,9-12H2. The molecule has 2 aliphatic rings. The Bertz CT molecular complexity index is 703. The number of benzene rings is 1. The first kappa shape index (κ1) is 13.5. The molecule has 0 bridgehead atoms. The zero-order valence-electron chi connectivity index (χ0n) is 12.7. The highest BCUT2D eigenvalue weighted by molar-refractivity contribution is 6.07. The van der Waals surface area contributed by atoms with Crippen molar-refractivity contribution in [2.75, 3.05) is 31.1 Å². The summed E-state index contributed by atoms with van der Waals surface area (Å²) in [5, 5.41) is 10.7. The number of fused-ring (bicyclic) bond motifs is 1. The van der Waals surface area contributed by atoms with Gasteiger partial charge in [-0.15, -0.1) is 10.2 Å². The Hall–Kier alpha value is -2.17. The molecule has 2 aromatic rings. The Kier molecular flexibility index (Phi) is 3.41. The van der Waals surface area contributed by atoms with E-state index in [-0.39, 0.29) is 5.91 Å². The van der Waals surface area contributed by atoms with Gasteiger partial charge in [0.15, 0.2) is 11.5 Å². The summed E-state index contributed by atoms with van der Waals surface area (Å²) >= 11 is 0. The second-order valence-corrected chi connectivity index (χ2v) is 6.11. The Morgan fingerprint density at radius 3 is 2.23 bits per heavy atom. The maximum atomic E-state index is 12.7. The number of anilines is 1. The summed E-state index contributed by atoms with van der Waals surface area (Å²) in [6, 6.07) is 8.03. The van der Waals surface area contributed by atoms with E-state index in [1.54, 1.807) is 0 Å². The number of carbonyl (C=O) groups excluding carboxylic acids is 1. The SMILES string of the molecule is O=C(c1nnc(N2CCCC2)c2ccccc12)N1CCCC1. The normalized spacial score (nSPS) is 18.4. The van der Waals surface area contributed by atoms with Crippen LogP contribution in [-0.2, 0) is 0 Å². The topological polar surface area (TPSA) is 49.3 Å². The number of nitrogens with zero attached hydrogens (tertiary/aromatic N) is 4. The van der Waals surface area contributed by atoms with Gasteiger partial charge in [0.25, 0.3) is 5.91 Å². The highest BCUT2D eigenvalue weighted by Gasteiger charge is 2.25. The van der Waals surface area contributed by atoms with Crippen molar-refractivity contribution in [1.29, 1.82) is 0 Å². The molecule has 2 saturated heterocycles. The van der Waals surface area contributed by atoms with Gasteiger partial charge >= 0.3 is 0 Å². The van der Waals surface area contributed by atoms with Crippen molar-refractivity contribution in [3.8, 4) is 0 Å². The smallest absolute Gasteiger partial charge is 0.275 e. The monoisotopic (exact) mass is 296 g/mol. The molecule has 0 aliphatic carbocycles.